The van der Waals surface area contributed by atoms with E-state index in [4.69, 9.17) is 9.26 Å². The number of nitrogens with one attached hydrogen (secondary N) is 1. The summed E-state index contributed by atoms with van der Waals surface area (Å²) in [5, 5.41) is 18.7. The Balaban J connectivity index is 1.82. The SMILES string of the molecule is CCC(Sc1c([O-])on[n+]1-c1ccc(OC)cc1)C(=O)Nc1ccccc1C. The first-order chi connectivity index (χ1) is 13.5. The van der Waals surface area contributed by atoms with Gasteiger partial charge in [-0.05, 0) is 53.6 Å². The molecule has 0 aliphatic rings. The minimum atomic E-state index is -0.581. The van der Waals surface area contributed by atoms with Crippen molar-refractivity contribution in [3.05, 3.63) is 54.1 Å². The largest absolute Gasteiger partial charge is 0.538 e. The summed E-state index contributed by atoms with van der Waals surface area (Å²) < 4.78 is 11.4. The number of rotatable bonds is 7. The fraction of sp³-hybridized carbons (Fsp3) is 0.250. The van der Waals surface area contributed by atoms with Gasteiger partial charge >= 0.3 is 0 Å². The summed E-state index contributed by atoms with van der Waals surface area (Å²) in [6.45, 7) is 3.82. The van der Waals surface area contributed by atoms with Crippen LogP contribution in [0.3, 0.4) is 0 Å². The molecule has 0 spiro atoms. The van der Waals surface area contributed by atoms with Gasteiger partial charge < -0.3 is 19.7 Å². The smallest absolute Gasteiger partial charge is 0.298 e. The Kier molecular flexibility index (Phi) is 6.20. The maximum absolute atomic E-state index is 12.8. The van der Waals surface area contributed by atoms with Gasteiger partial charge in [-0.25, -0.2) is 0 Å². The zero-order valence-corrected chi connectivity index (χ0v) is 16.7. The molecule has 0 bridgehead atoms. The van der Waals surface area contributed by atoms with Crippen LogP contribution in [0.1, 0.15) is 18.9 Å². The lowest BCUT2D eigenvalue weighted by molar-refractivity contribution is -0.705. The van der Waals surface area contributed by atoms with E-state index in [-0.39, 0.29) is 10.9 Å². The van der Waals surface area contributed by atoms with E-state index in [0.29, 0.717) is 17.9 Å². The van der Waals surface area contributed by atoms with Gasteiger partial charge in [0.25, 0.3) is 5.03 Å². The molecular weight excluding hydrogens is 378 g/mol. The molecule has 1 amide bonds. The topological polar surface area (TPSA) is 91.3 Å². The average molecular weight is 399 g/mol. The molecule has 7 nitrogen and oxygen atoms in total. The van der Waals surface area contributed by atoms with E-state index in [1.807, 2.05) is 38.1 Å². The highest BCUT2D eigenvalue weighted by Gasteiger charge is 2.28. The second kappa shape index (κ2) is 8.79. The Morgan fingerprint density at radius 3 is 2.64 bits per heavy atom. The third-order valence-electron chi connectivity index (χ3n) is 4.21. The Morgan fingerprint density at radius 1 is 1.29 bits per heavy atom. The molecule has 0 aliphatic carbocycles. The van der Waals surface area contributed by atoms with Crippen LogP contribution >= 0.6 is 11.8 Å². The van der Waals surface area contributed by atoms with Crippen molar-refractivity contribution in [2.45, 2.75) is 30.5 Å². The fourth-order valence-electron chi connectivity index (χ4n) is 2.61. The number of hydrogen-bond donors (Lipinski definition) is 1. The summed E-state index contributed by atoms with van der Waals surface area (Å²) in [4.78, 5) is 12.8. The van der Waals surface area contributed by atoms with Crippen LogP contribution in [0.4, 0.5) is 5.69 Å². The van der Waals surface area contributed by atoms with Crippen LogP contribution in [-0.4, -0.2) is 23.5 Å². The molecule has 1 aromatic heterocycles. The fourth-order valence-corrected chi connectivity index (χ4v) is 3.58. The van der Waals surface area contributed by atoms with Crippen LogP contribution < -0.4 is 19.8 Å². The van der Waals surface area contributed by atoms with Crippen molar-refractivity contribution in [3.8, 4) is 17.4 Å². The molecule has 1 unspecified atom stereocenters. The predicted molar refractivity (Wildman–Crippen MR) is 104 cm³/mol. The average Bonchev–Trinajstić information content (AvgIpc) is 3.08. The first-order valence-electron chi connectivity index (χ1n) is 8.80. The number of amides is 1. The minimum absolute atomic E-state index is 0.177. The number of carbonyl (C=O) groups excluding carboxylic acids is 1. The number of nitrogens with zero attached hydrogens (tertiary/aromatic N) is 2. The highest BCUT2D eigenvalue weighted by Crippen LogP contribution is 2.30. The number of para-hydroxylation sites is 1. The van der Waals surface area contributed by atoms with E-state index in [0.717, 1.165) is 23.0 Å². The summed E-state index contributed by atoms with van der Waals surface area (Å²) in [6, 6.07) is 14.6. The molecule has 1 atom stereocenters. The summed E-state index contributed by atoms with van der Waals surface area (Å²) in [6.07, 6.45) is 0.537. The number of methoxy groups -OCH3 is 1. The van der Waals surface area contributed by atoms with Crippen LogP contribution in [0.5, 0.6) is 11.7 Å². The molecule has 1 heterocycles. The summed E-state index contributed by atoms with van der Waals surface area (Å²) >= 11 is 1.14. The Morgan fingerprint density at radius 2 is 2.00 bits per heavy atom. The van der Waals surface area contributed by atoms with E-state index < -0.39 is 11.2 Å². The van der Waals surface area contributed by atoms with Crippen LogP contribution in [0.15, 0.2) is 58.1 Å². The number of thioether (sulfide) groups is 1. The Labute approximate surface area is 167 Å². The van der Waals surface area contributed by atoms with Crippen molar-refractivity contribution in [2.24, 2.45) is 0 Å². The van der Waals surface area contributed by atoms with Gasteiger partial charge in [0.2, 0.25) is 11.6 Å². The summed E-state index contributed by atoms with van der Waals surface area (Å²) in [5.41, 5.74) is 2.36. The van der Waals surface area contributed by atoms with Gasteiger partial charge in [0.1, 0.15) is 5.75 Å². The van der Waals surface area contributed by atoms with E-state index >= 15 is 0 Å². The molecule has 0 fully saturated rings. The molecule has 3 aromatic rings. The van der Waals surface area contributed by atoms with Crippen molar-refractivity contribution in [1.82, 2.24) is 5.27 Å². The molecule has 0 radical (unpaired) electrons. The Hall–Kier alpha value is -3.00. The van der Waals surface area contributed by atoms with Crippen molar-refractivity contribution >= 4 is 23.4 Å². The number of carbonyl (C=O) groups is 1. The second-order valence-corrected chi connectivity index (χ2v) is 7.29. The van der Waals surface area contributed by atoms with Gasteiger partial charge in [-0.15, -0.1) is 0 Å². The third kappa shape index (κ3) is 4.28. The van der Waals surface area contributed by atoms with Crippen LogP contribution in [0.2, 0.25) is 0 Å². The zero-order valence-electron chi connectivity index (χ0n) is 15.8. The van der Waals surface area contributed by atoms with Crippen LogP contribution in [0, 0.1) is 6.92 Å². The molecule has 0 saturated carbocycles. The molecular formula is C20H21N3O4S. The van der Waals surface area contributed by atoms with E-state index in [1.54, 1.807) is 31.4 Å². The standard InChI is InChI=1S/C20H21N3O4S/c1-4-17(18(24)21-16-8-6-5-7-13(16)2)28-19-20(25)27-22-23(19)14-9-11-15(26-3)12-10-14/h5-12,17H,4H2,1-3H3,(H-,21,22,24,25). The second-order valence-electron chi connectivity index (χ2n) is 6.09. The van der Waals surface area contributed by atoms with Gasteiger partial charge in [-0.2, -0.15) is 0 Å². The quantitative estimate of drug-likeness (QED) is 0.485. The van der Waals surface area contributed by atoms with Gasteiger partial charge in [0.05, 0.1) is 17.6 Å². The van der Waals surface area contributed by atoms with Crippen molar-refractivity contribution in [2.75, 3.05) is 12.4 Å². The first-order valence-corrected chi connectivity index (χ1v) is 9.68. The molecule has 28 heavy (non-hydrogen) atoms. The molecule has 1 N–H and O–H groups in total. The van der Waals surface area contributed by atoms with Gasteiger partial charge in [-0.3, -0.25) is 4.79 Å². The molecule has 2 aromatic carbocycles. The van der Waals surface area contributed by atoms with Crippen LogP contribution in [0.25, 0.3) is 5.69 Å². The van der Waals surface area contributed by atoms with E-state index in [2.05, 4.69) is 10.6 Å². The predicted octanol–water partition coefficient (Wildman–Crippen LogP) is 2.85. The number of anilines is 1. The highest BCUT2D eigenvalue weighted by atomic mass is 32.2. The van der Waals surface area contributed by atoms with Gasteiger partial charge in [-0.1, -0.05) is 25.1 Å². The van der Waals surface area contributed by atoms with Gasteiger partial charge in [0, 0.05) is 17.8 Å². The summed E-state index contributed by atoms with van der Waals surface area (Å²) in [5.74, 6) is -0.0694. The maximum Gasteiger partial charge on any atom is 0.298 e. The molecule has 0 saturated heterocycles. The van der Waals surface area contributed by atoms with Crippen molar-refractivity contribution < 1.29 is 23.8 Å². The summed E-state index contributed by atoms with van der Waals surface area (Å²) in [7, 11) is 1.58. The number of aryl methyl sites for hydroxylation is 1. The van der Waals surface area contributed by atoms with Crippen molar-refractivity contribution in [3.63, 3.8) is 0 Å². The normalized spacial score (nSPS) is 11.8. The molecule has 3 rings (SSSR count). The lowest BCUT2D eigenvalue weighted by Crippen LogP contribution is -2.36. The van der Waals surface area contributed by atoms with Crippen molar-refractivity contribution in [1.29, 1.82) is 0 Å². The highest BCUT2D eigenvalue weighted by molar-refractivity contribution is 8.00. The monoisotopic (exact) mass is 399 g/mol. The first kappa shape index (κ1) is 19.8. The molecule has 8 heteroatoms. The number of hydrogen-bond acceptors (Lipinski definition) is 6. The van der Waals surface area contributed by atoms with E-state index in [1.165, 1.54) is 4.68 Å². The molecule has 146 valence electrons. The lowest BCUT2D eigenvalue weighted by Gasteiger charge is -2.14. The van der Waals surface area contributed by atoms with Crippen LogP contribution in [-0.2, 0) is 4.79 Å². The zero-order chi connectivity index (χ0) is 20.1. The number of ether oxygens (including phenoxy) is 1. The minimum Gasteiger partial charge on any atom is -0.538 e. The van der Waals surface area contributed by atoms with E-state index in [9.17, 15) is 9.90 Å². The van der Waals surface area contributed by atoms with Gasteiger partial charge in [0.15, 0.2) is 5.95 Å². The Bertz CT molecular complexity index is 956. The molecule has 0 aliphatic heterocycles. The number of benzene rings is 2. The maximum atomic E-state index is 12.8. The lowest BCUT2D eigenvalue weighted by atomic mass is 10.2. The number of aromatic nitrogens is 2. The third-order valence-corrected chi connectivity index (χ3v) is 5.60.